The van der Waals surface area contributed by atoms with Gasteiger partial charge in [-0.25, -0.2) is 0 Å². The number of phenolic OH excluding ortho intramolecular Hbond substituents is 2. The SMILES string of the molecule is CN(C)[C@@H]1C(=O)C(C(N)=O)=C(O)[C@@]2(O)C(=O)C3=C(O)c4c(O)ccc(Cl)c4[C@@](C)(O)[C@H]3C[C@@H]12.CN(C)[C@@H]1C(=O)C(C(N)=O)=C(O)[C@@]2(O)C(=O)C3=C(O)c4c(O)cccc4[C@@](C)(O)[C@H]3[C@H](O)[C@@H]12.O.O. The van der Waals surface area contributed by atoms with Gasteiger partial charge in [-0.05, 0) is 72.2 Å². The summed E-state index contributed by atoms with van der Waals surface area (Å²) in [6.07, 6.45) is -2.13. The van der Waals surface area contributed by atoms with Gasteiger partial charge in [0.15, 0.2) is 22.8 Å². The Kier molecular flexibility index (Phi) is 13.0. The third-order valence-electron chi connectivity index (χ3n) is 14.1. The van der Waals surface area contributed by atoms with Gasteiger partial charge in [0.25, 0.3) is 11.8 Å². The van der Waals surface area contributed by atoms with Gasteiger partial charge in [0.1, 0.15) is 45.7 Å². The molecule has 0 unspecified atom stereocenters. The third kappa shape index (κ3) is 6.60. The summed E-state index contributed by atoms with van der Waals surface area (Å²) in [5.41, 5.74) is -2.88. The smallest absolute Gasteiger partial charge is 0.255 e. The summed E-state index contributed by atoms with van der Waals surface area (Å²) >= 11 is 6.28. The van der Waals surface area contributed by atoms with E-state index < -0.39 is 156 Å². The van der Waals surface area contributed by atoms with Crippen LogP contribution in [-0.4, -0.2) is 169 Å². The van der Waals surface area contributed by atoms with E-state index in [1.165, 1.54) is 82.2 Å². The number of Topliss-reactive ketones (excluding diaryl/α,β-unsaturated/α-hetero) is 4. The van der Waals surface area contributed by atoms with E-state index in [0.29, 0.717) is 0 Å². The highest BCUT2D eigenvalue weighted by atomic mass is 35.5. The molecular weight excluding hydrogens is 924 g/mol. The molecule has 11 atom stereocenters. The molecule has 2 aromatic rings. The topological polar surface area (TPSA) is 446 Å². The van der Waals surface area contributed by atoms with Crippen molar-refractivity contribution in [1.29, 1.82) is 0 Å². The van der Waals surface area contributed by atoms with E-state index in [1.807, 2.05) is 0 Å². The number of hydrogen-bond donors (Lipinski definition) is 13. The minimum Gasteiger partial charge on any atom is -0.508 e. The van der Waals surface area contributed by atoms with Crippen LogP contribution in [0.1, 0.15) is 42.5 Å². The van der Waals surface area contributed by atoms with Crippen LogP contribution in [0.15, 0.2) is 64.1 Å². The van der Waals surface area contributed by atoms with E-state index in [9.17, 15) is 84.9 Å². The summed E-state index contributed by atoms with van der Waals surface area (Å²) in [6, 6.07) is 3.74. The number of fused-ring (bicyclic) bond motifs is 6. The van der Waals surface area contributed by atoms with E-state index in [2.05, 4.69) is 0 Å². The van der Waals surface area contributed by atoms with Gasteiger partial charge in [-0.15, -0.1) is 0 Å². The van der Waals surface area contributed by atoms with Crippen LogP contribution < -0.4 is 11.5 Å². The minimum atomic E-state index is -3.02. The van der Waals surface area contributed by atoms with Gasteiger partial charge in [-0.2, -0.15) is 0 Å². The Morgan fingerprint density at radius 1 is 0.676 bits per heavy atom. The van der Waals surface area contributed by atoms with Crippen molar-refractivity contribution >= 4 is 58.1 Å². The molecule has 24 heteroatoms. The van der Waals surface area contributed by atoms with Gasteiger partial charge >= 0.3 is 0 Å². The van der Waals surface area contributed by atoms with Gasteiger partial charge in [0.05, 0.1) is 57.9 Å². The molecular formula is C44H51ClN4O19. The molecule has 19 N–H and O–H groups in total. The zero-order chi connectivity index (χ0) is 49.6. The summed E-state index contributed by atoms with van der Waals surface area (Å²) in [5, 5.41) is 122. The van der Waals surface area contributed by atoms with E-state index in [-0.39, 0.29) is 44.6 Å². The van der Waals surface area contributed by atoms with Crippen LogP contribution in [0.5, 0.6) is 11.5 Å². The second kappa shape index (κ2) is 16.8. The number of aliphatic hydroxyl groups is 9. The van der Waals surface area contributed by atoms with Crippen LogP contribution in [0.4, 0.5) is 0 Å². The van der Waals surface area contributed by atoms with Gasteiger partial charge < -0.3 is 78.6 Å². The molecule has 6 aliphatic carbocycles. The van der Waals surface area contributed by atoms with Crippen molar-refractivity contribution in [1.82, 2.24) is 9.80 Å². The molecule has 2 saturated carbocycles. The van der Waals surface area contributed by atoms with Gasteiger partial charge in [0, 0.05) is 28.0 Å². The molecule has 368 valence electrons. The molecule has 2 fully saturated rings. The summed E-state index contributed by atoms with van der Waals surface area (Å²) in [5.74, 6) is -18.0. The fourth-order valence-electron chi connectivity index (χ4n) is 11.2. The zero-order valence-corrected chi connectivity index (χ0v) is 37.7. The molecule has 2 aromatic carbocycles. The zero-order valence-electron chi connectivity index (χ0n) is 36.9. The third-order valence-corrected chi connectivity index (χ3v) is 14.4. The maximum atomic E-state index is 13.7. The molecule has 0 aromatic heterocycles. The number of amides is 2. The van der Waals surface area contributed by atoms with Crippen LogP contribution >= 0.6 is 11.6 Å². The second-order valence-electron chi connectivity index (χ2n) is 18.1. The molecule has 0 spiro atoms. The van der Waals surface area contributed by atoms with Crippen molar-refractivity contribution in [3.8, 4) is 11.5 Å². The van der Waals surface area contributed by atoms with Crippen molar-refractivity contribution in [2.24, 2.45) is 35.1 Å². The van der Waals surface area contributed by atoms with Crippen LogP contribution in [-0.2, 0) is 40.0 Å². The first-order valence-electron chi connectivity index (χ1n) is 20.2. The summed E-state index contributed by atoms with van der Waals surface area (Å²) in [6.45, 7) is 2.59. The lowest BCUT2D eigenvalue weighted by Crippen LogP contribution is -2.71. The van der Waals surface area contributed by atoms with E-state index in [1.54, 1.807) is 0 Å². The number of hydrogen-bond acceptors (Lipinski definition) is 19. The Hall–Kier alpha value is -6.25. The number of ketones is 4. The highest BCUT2D eigenvalue weighted by molar-refractivity contribution is 6.32. The number of aliphatic hydroxyl groups excluding tert-OH is 5. The first-order valence-corrected chi connectivity index (χ1v) is 20.5. The standard InChI is InChI=1S/C22H23ClN2O8.C22H24N2O9.2H2O/c1-21(32)7-6-8-15(25(2)3)17(28)13(20(24)31)19(30)22(8,33)18(29)11(7)16(27)12-10(26)5-4-9(23)14(12)21;1-21(32)7-5-4-6-8(25)9(7)15(26)10-12(21)17(28)13-14(24(2)3)16(27)11(20(23)31)19(30)22(13,33)18(10)29;;/h4-5,7-8,15,26-27,30,32-33H,6H2,1-3H3,(H2,24,31);4-6,12-14,17,25-26,28,30,32-33H,1-3H3,(H2,23,31);2*1H2/t7-,8-,15-,21-,22-;12-,13-,14+,17+,21-,22+;;/m01../s1. The highest BCUT2D eigenvalue weighted by Crippen LogP contribution is 2.60. The number of likely N-dealkylation sites (N-methyl/N-ethyl adjacent to an activating group) is 2. The predicted molar refractivity (Wildman–Crippen MR) is 234 cm³/mol. The summed E-state index contributed by atoms with van der Waals surface area (Å²) in [7, 11) is 5.77. The van der Waals surface area contributed by atoms with Crippen molar-refractivity contribution in [2.45, 2.75) is 60.9 Å². The first kappa shape index (κ1) is 52.7. The molecule has 23 nitrogen and oxygen atoms in total. The van der Waals surface area contributed by atoms with Crippen molar-refractivity contribution in [3.63, 3.8) is 0 Å². The van der Waals surface area contributed by atoms with Crippen LogP contribution in [0.3, 0.4) is 0 Å². The number of halogens is 1. The summed E-state index contributed by atoms with van der Waals surface area (Å²) in [4.78, 5) is 80.0. The number of carbonyl (C=O) groups is 6. The Bertz CT molecular complexity index is 2760. The van der Waals surface area contributed by atoms with Crippen LogP contribution in [0, 0.1) is 23.7 Å². The molecule has 6 aliphatic rings. The fourth-order valence-corrected chi connectivity index (χ4v) is 11.5. The number of nitrogens with two attached hydrogens (primary N) is 2. The molecule has 0 radical (unpaired) electrons. The van der Waals surface area contributed by atoms with Gasteiger partial charge in [-0.1, -0.05) is 23.7 Å². The number of benzene rings is 2. The molecule has 2 amide bonds. The Balaban J connectivity index is 0.000000247. The van der Waals surface area contributed by atoms with Crippen LogP contribution in [0.25, 0.3) is 11.5 Å². The summed E-state index contributed by atoms with van der Waals surface area (Å²) < 4.78 is 0. The Morgan fingerprint density at radius 3 is 1.66 bits per heavy atom. The van der Waals surface area contributed by atoms with E-state index in [4.69, 9.17) is 23.1 Å². The Morgan fingerprint density at radius 2 is 1.15 bits per heavy atom. The highest BCUT2D eigenvalue weighted by Gasteiger charge is 2.71. The minimum absolute atomic E-state index is 0. The number of carbonyl (C=O) groups excluding carboxylic acids is 6. The number of rotatable bonds is 4. The lowest BCUT2D eigenvalue weighted by molar-refractivity contribution is -0.181. The second-order valence-corrected chi connectivity index (χ2v) is 18.5. The maximum Gasteiger partial charge on any atom is 0.255 e. The predicted octanol–water partition coefficient (Wildman–Crippen LogP) is -2.77. The molecule has 0 bridgehead atoms. The molecule has 8 rings (SSSR count). The maximum absolute atomic E-state index is 13.7. The average Bonchev–Trinajstić information content (AvgIpc) is 3.20. The number of aromatic hydroxyl groups is 2. The number of phenols is 2. The lowest BCUT2D eigenvalue weighted by Gasteiger charge is -2.55. The Labute approximate surface area is 390 Å². The van der Waals surface area contributed by atoms with Crippen molar-refractivity contribution < 1.29 is 95.9 Å². The molecule has 0 saturated heterocycles. The van der Waals surface area contributed by atoms with Gasteiger partial charge in [0.2, 0.25) is 11.6 Å². The molecule has 0 aliphatic heterocycles. The molecule has 0 heterocycles. The number of primary amides is 2. The van der Waals surface area contributed by atoms with Crippen molar-refractivity contribution in [3.05, 3.63) is 91.4 Å². The van der Waals surface area contributed by atoms with Crippen LogP contribution in [0.2, 0.25) is 5.02 Å². The monoisotopic (exact) mass is 974 g/mol. The van der Waals surface area contributed by atoms with E-state index >= 15 is 0 Å². The lowest BCUT2D eigenvalue weighted by atomic mass is 9.53. The molecule has 68 heavy (non-hydrogen) atoms. The normalized spacial score (nSPS) is 33.8. The van der Waals surface area contributed by atoms with Gasteiger partial charge in [-0.3, -0.25) is 38.6 Å². The van der Waals surface area contributed by atoms with Crippen molar-refractivity contribution in [2.75, 3.05) is 28.2 Å². The quantitative estimate of drug-likeness (QED) is 0.138. The van der Waals surface area contributed by atoms with E-state index in [0.717, 1.165) is 0 Å². The first-order chi connectivity index (χ1) is 30.4. The number of nitrogens with zero attached hydrogens (tertiary/aromatic N) is 2. The largest absolute Gasteiger partial charge is 0.508 e. The fraction of sp³-hybridized carbons (Fsp3) is 0.409. The average molecular weight is 975 g/mol.